The number of hydrogen-bond acceptors (Lipinski definition) is 4. The van der Waals surface area contributed by atoms with Gasteiger partial charge in [0.15, 0.2) is 0 Å². The fourth-order valence-electron chi connectivity index (χ4n) is 3.69. The van der Waals surface area contributed by atoms with Gasteiger partial charge in [0.1, 0.15) is 0 Å². The fraction of sp³-hybridized carbons (Fsp3) is 0.250. The van der Waals surface area contributed by atoms with Gasteiger partial charge in [-0.1, -0.05) is 29.8 Å². The Hall–Kier alpha value is -2.96. The van der Waals surface area contributed by atoms with E-state index in [9.17, 15) is 9.59 Å². The molecule has 6 heteroatoms. The molecule has 3 aromatic heterocycles. The minimum absolute atomic E-state index is 0.0960. The van der Waals surface area contributed by atoms with Gasteiger partial charge in [0.25, 0.3) is 11.5 Å². The van der Waals surface area contributed by atoms with Gasteiger partial charge in [0.05, 0.1) is 22.4 Å². The summed E-state index contributed by atoms with van der Waals surface area (Å²) in [6.45, 7) is 5.48. The summed E-state index contributed by atoms with van der Waals surface area (Å²) in [5.74, 6) is -0.0960. The molecule has 0 saturated heterocycles. The quantitative estimate of drug-likeness (QED) is 0.458. The van der Waals surface area contributed by atoms with Crippen molar-refractivity contribution in [2.24, 2.45) is 0 Å². The molecule has 30 heavy (non-hydrogen) atoms. The number of carbonyl (C=O) groups excluding carboxylic acids is 1. The first-order chi connectivity index (χ1) is 14.5. The highest BCUT2D eigenvalue weighted by atomic mass is 32.1. The number of pyridine rings is 2. The Bertz CT molecular complexity index is 1270. The molecule has 0 bridgehead atoms. The van der Waals surface area contributed by atoms with Crippen molar-refractivity contribution in [2.45, 2.75) is 13.8 Å². The average molecular weight is 421 g/mol. The van der Waals surface area contributed by atoms with Crippen molar-refractivity contribution in [2.75, 3.05) is 26.8 Å². The molecule has 0 aliphatic carbocycles. The van der Waals surface area contributed by atoms with Gasteiger partial charge in [-0.2, -0.15) is 0 Å². The monoisotopic (exact) mass is 420 g/mol. The predicted molar refractivity (Wildman–Crippen MR) is 123 cm³/mol. The van der Waals surface area contributed by atoms with Crippen LogP contribution in [0.25, 0.3) is 26.7 Å². The third kappa shape index (κ3) is 3.53. The van der Waals surface area contributed by atoms with Gasteiger partial charge < -0.3 is 9.64 Å². The molecule has 0 atom stereocenters. The molecule has 4 rings (SSSR count). The van der Waals surface area contributed by atoms with Crippen LogP contribution in [-0.2, 0) is 4.74 Å². The number of likely N-dealkylation sites (N-methyl/N-ethyl adjacent to an activating group) is 1. The van der Waals surface area contributed by atoms with Gasteiger partial charge in [-0.05, 0) is 48.4 Å². The van der Waals surface area contributed by atoms with E-state index in [1.54, 1.807) is 40.0 Å². The molecule has 0 spiro atoms. The van der Waals surface area contributed by atoms with Crippen LogP contribution in [-0.4, -0.2) is 42.0 Å². The summed E-state index contributed by atoms with van der Waals surface area (Å²) < 4.78 is 7.74. The Morgan fingerprint density at radius 2 is 1.93 bits per heavy atom. The average Bonchev–Trinajstić information content (AvgIpc) is 3.24. The number of amides is 1. The van der Waals surface area contributed by atoms with E-state index < -0.39 is 0 Å². The van der Waals surface area contributed by atoms with E-state index in [1.165, 1.54) is 0 Å². The van der Waals surface area contributed by atoms with E-state index >= 15 is 0 Å². The SMILES string of the molecule is CCN(CCOC)C(=O)c1cc(-c2ccc(C)cc2)c(=O)n2ccc3ccsc3c12. The number of aromatic nitrogens is 1. The zero-order valence-electron chi connectivity index (χ0n) is 17.3. The van der Waals surface area contributed by atoms with Crippen molar-refractivity contribution in [1.82, 2.24) is 9.30 Å². The normalized spacial score (nSPS) is 11.3. The number of methoxy groups -OCH3 is 1. The fourth-order valence-corrected chi connectivity index (χ4v) is 4.63. The first-order valence-electron chi connectivity index (χ1n) is 9.96. The molecule has 0 unspecified atom stereocenters. The summed E-state index contributed by atoms with van der Waals surface area (Å²) in [5, 5.41) is 3.01. The van der Waals surface area contributed by atoms with Crippen molar-refractivity contribution in [3.8, 4) is 11.1 Å². The lowest BCUT2D eigenvalue weighted by Gasteiger charge is -2.22. The number of fused-ring (bicyclic) bond motifs is 3. The number of rotatable bonds is 6. The summed E-state index contributed by atoms with van der Waals surface area (Å²) in [6, 6.07) is 13.5. The van der Waals surface area contributed by atoms with Crippen LogP contribution in [0, 0.1) is 6.92 Å². The summed E-state index contributed by atoms with van der Waals surface area (Å²) >= 11 is 1.54. The molecule has 5 nitrogen and oxygen atoms in total. The van der Waals surface area contributed by atoms with E-state index in [0.29, 0.717) is 36.3 Å². The van der Waals surface area contributed by atoms with Gasteiger partial charge in [0, 0.05) is 32.0 Å². The second-order valence-electron chi connectivity index (χ2n) is 7.26. The highest BCUT2D eigenvalue weighted by Gasteiger charge is 2.22. The molecule has 154 valence electrons. The van der Waals surface area contributed by atoms with Crippen molar-refractivity contribution in [3.63, 3.8) is 0 Å². The Labute approximate surface area is 179 Å². The Kier molecular flexibility index (Phi) is 5.70. The molecular weight excluding hydrogens is 396 g/mol. The minimum atomic E-state index is -0.124. The smallest absolute Gasteiger partial charge is 0.263 e. The van der Waals surface area contributed by atoms with Crippen molar-refractivity contribution < 1.29 is 9.53 Å². The maximum absolute atomic E-state index is 13.6. The summed E-state index contributed by atoms with van der Waals surface area (Å²) in [7, 11) is 1.63. The Balaban J connectivity index is 2.01. The van der Waals surface area contributed by atoms with E-state index in [2.05, 4.69) is 0 Å². The molecule has 1 aromatic carbocycles. The van der Waals surface area contributed by atoms with E-state index in [4.69, 9.17) is 4.74 Å². The topological polar surface area (TPSA) is 51.0 Å². The van der Waals surface area contributed by atoms with Crippen LogP contribution in [0.4, 0.5) is 0 Å². The van der Waals surface area contributed by atoms with Gasteiger partial charge in [-0.3, -0.25) is 14.0 Å². The predicted octanol–water partition coefficient (Wildman–Crippen LogP) is 4.60. The molecule has 0 aliphatic heterocycles. The van der Waals surface area contributed by atoms with Crippen molar-refractivity contribution in [3.05, 3.63) is 75.5 Å². The second-order valence-corrected chi connectivity index (χ2v) is 8.18. The number of thiophene rings is 1. The third-order valence-corrected chi connectivity index (χ3v) is 6.31. The standard InChI is InChI=1S/C24H24N2O3S/c1-4-25(12-13-29-3)23(27)20-15-19(17-7-5-16(2)6-8-17)24(28)26-11-9-18-10-14-30-22(18)21(20)26/h5-11,14-15H,4,12-13H2,1-3H3. The molecule has 0 saturated carbocycles. The summed E-state index contributed by atoms with van der Waals surface area (Å²) in [6.07, 6.45) is 1.77. The lowest BCUT2D eigenvalue weighted by molar-refractivity contribution is 0.0708. The molecular formula is C24H24N2O3S. The second kappa shape index (κ2) is 8.42. The van der Waals surface area contributed by atoms with Crippen LogP contribution in [0.5, 0.6) is 0 Å². The first kappa shape index (κ1) is 20.3. The Morgan fingerprint density at radius 3 is 2.63 bits per heavy atom. The van der Waals surface area contributed by atoms with Crippen LogP contribution in [0.1, 0.15) is 22.8 Å². The van der Waals surface area contributed by atoms with Crippen LogP contribution < -0.4 is 5.56 Å². The first-order valence-corrected chi connectivity index (χ1v) is 10.8. The molecule has 3 heterocycles. The number of benzene rings is 1. The summed E-state index contributed by atoms with van der Waals surface area (Å²) in [5.41, 5.74) is 3.53. The molecule has 4 aromatic rings. The van der Waals surface area contributed by atoms with Crippen molar-refractivity contribution >= 4 is 32.8 Å². The zero-order valence-corrected chi connectivity index (χ0v) is 18.2. The number of carbonyl (C=O) groups is 1. The third-order valence-electron chi connectivity index (χ3n) is 5.38. The van der Waals surface area contributed by atoms with Gasteiger partial charge in [-0.25, -0.2) is 0 Å². The lowest BCUT2D eigenvalue weighted by atomic mass is 10.0. The number of aryl methyl sites for hydroxylation is 1. The molecule has 0 fully saturated rings. The van der Waals surface area contributed by atoms with Crippen LogP contribution in [0.15, 0.2) is 58.8 Å². The number of hydrogen-bond donors (Lipinski definition) is 0. The highest BCUT2D eigenvalue weighted by Crippen LogP contribution is 2.30. The lowest BCUT2D eigenvalue weighted by Crippen LogP contribution is -2.34. The van der Waals surface area contributed by atoms with Crippen LogP contribution >= 0.6 is 11.3 Å². The number of ether oxygens (including phenoxy) is 1. The van der Waals surface area contributed by atoms with Gasteiger partial charge in [0.2, 0.25) is 0 Å². The van der Waals surface area contributed by atoms with Gasteiger partial charge >= 0.3 is 0 Å². The van der Waals surface area contributed by atoms with E-state index in [-0.39, 0.29) is 11.5 Å². The van der Waals surface area contributed by atoms with Gasteiger partial charge in [-0.15, -0.1) is 11.3 Å². The molecule has 1 amide bonds. The maximum Gasteiger partial charge on any atom is 0.263 e. The molecule has 0 aliphatic rings. The molecule has 0 radical (unpaired) electrons. The maximum atomic E-state index is 13.6. The number of nitrogens with zero attached hydrogens (tertiary/aromatic N) is 2. The van der Waals surface area contributed by atoms with Crippen LogP contribution in [0.3, 0.4) is 0 Å². The zero-order chi connectivity index (χ0) is 21.3. The van der Waals surface area contributed by atoms with Crippen LogP contribution in [0.2, 0.25) is 0 Å². The van der Waals surface area contributed by atoms with E-state index in [0.717, 1.165) is 21.2 Å². The van der Waals surface area contributed by atoms with Crippen molar-refractivity contribution in [1.29, 1.82) is 0 Å². The Morgan fingerprint density at radius 1 is 1.17 bits per heavy atom. The minimum Gasteiger partial charge on any atom is -0.383 e. The largest absolute Gasteiger partial charge is 0.383 e. The summed E-state index contributed by atoms with van der Waals surface area (Å²) in [4.78, 5) is 28.7. The van der Waals surface area contributed by atoms with E-state index in [1.807, 2.05) is 55.6 Å². The molecule has 0 N–H and O–H groups in total. The highest BCUT2D eigenvalue weighted by molar-refractivity contribution is 7.18.